The summed E-state index contributed by atoms with van der Waals surface area (Å²) in [5.74, 6) is 0. The second-order valence-electron chi connectivity index (χ2n) is 4.31. The molecule has 0 radical (unpaired) electrons. The van der Waals surface area contributed by atoms with Crippen molar-refractivity contribution in [1.82, 2.24) is 4.72 Å². The van der Waals surface area contributed by atoms with Crippen LogP contribution in [0.25, 0.3) is 0 Å². The first-order chi connectivity index (χ1) is 9.00. The number of rotatable bonds is 4. The van der Waals surface area contributed by atoms with E-state index < -0.39 is 20.6 Å². The highest BCUT2D eigenvalue weighted by Crippen LogP contribution is 2.24. The first kappa shape index (κ1) is 13.5. The minimum atomic E-state index is -3.90. The van der Waals surface area contributed by atoms with Crippen molar-refractivity contribution in [2.24, 2.45) is 0 Å². The van der Waals surface area contributed by atoms with Gasteiger partial charge in [-0.25, -0.2) is 8.42 Å². The number of allylic oxidation sites excluding steroid dienone is 2. The molecule has 1 N–H and O–H groups in total. The van der Waals surface area contributed by atoms with E-state index >= 15 is 0 Å². The molecule has 1 aromatic carbocycles. The van der Waals surface area contributed by atoms with Gasteiger partial charge in [-0.3, -0.25) is 14.8 Å². The second-order valence-corrected chi connectivity index (χ2v) is 5.96. The van der Waals surface area contributed by atoms with Crippen LogP contribution in [0.1, 0.15) is 25.7 Å². The average molecular weight is 282 g/mol. The van der Waals surface area contributed by atoms with Crippen LogP contribution in [0.4, 0.5) is 5.69 Å². The van der Waals surface area contributed by atoms with Crippen LogP contribution in [0, 0.1) is 10.1 Å². The monoisotopic (exact) mass is 282 g/mol. The molecule has 0 heterocycles. The highest BCUT2D eigenvalue weighted by atomic mass is 32.2. The van der Waals surface area contributed by atoms with Gasteiger partial charge in [0.1, 0.15) is 0 Å². The van der Waals surface area contributed by atoms with Crippen molar-refractivity contribution in [2.75, 3.05) is 0 Å². The van der Waals surface area contributed by atoms with Gasteiger partial charge in [-0.1, -0.05) is 18.2 Å². The minimum Gasteiger partial charge on any atom is -0.284 e. The first-order valence-electron chi connectivity index (χ1n) is 5.96. The maximum Gasteiger partial charge on any atom is 0.289 e. The zero-order valence-corrected chi connectivity index (χ0v) is 11.0. The number of benzene rings is 1. The summed E-state index contributed by atoms with van der Waals surface area (Å²) in [5.41, 5.74) is 0.204. The number of para-hydroxylation sites is 1. The van der Waals surface area contributed by atoms with Gasteiger partial charge in [-0.15, -0.1) is 0 Å². The van der Waals surface area contributed by atoms with Crippen LogP contribution >= 0.6 is 0 Å². The highest BCUT2D eigenvalue weighted by Gasteiger charge is 2.25. The Balaban J connectivity index is 2.34. The number of hydrogen-bond acceptors (Lipinski definition) is 4. The van der Waals surface area contributed by atoms with E-state index in [4.69, 9.17) is 0 Å². The average Bonchev–Trinajstić information content (AvgIpc) is 2.39. The molecule has 7 heteroatoms. The summed E-state index contributed by atoms with van der Waals surface area (Å²) >= 11 is 0. The molecule has 0 atom stereocenters. The Labute approximate surface area is 111 Å². The van der Waals surface area contributed by atoms with Crippen molar-refractivity contribution < 1.29 is 13.3 Å². The molecule has 0 aliphatic heterocycles. The van der Waals surface area contributed by atoms with Gasteiger partial charge in [0.05, 0.1) is 4.92 Å². The fourth-order valence-corrected chi connectivity index (χ4v) is 3.31. The number of nitrogens with zero attached hydrogens (tertiary/aromatic N) is 1. The Bertz CT molecular complexity index is 622. The van der Waals surface area contributed by atoms with E-state index in [9.17, 15) is 18.5 Å². The molecule has 2 rings (SSSR count). The molecule has 1 aromatic rings. The molecule has 0 unspecified atom stereocenters. The van der Waals surface area contributed by atoms with Gasteiger partial charge in [0.25, 0.3) is 15.7 Å². The third-order valence-corrected chi connectivity index (χ3v) is 4.36. The van der Waals surface area contributed by atoms with Crippen LogP contribution in [0.15, 0.2) is 40.9 Å². The van der Waals surface area contributed by atoms with Crippen molar-refractivity contribution in [3.8, 4) is 0 Å². The third kappa shape index (κ3) is 3.11. The minimum absolute atomic E-state index is 0.300. The molecule has 0 saturated carbocycles. The molecule has 0 spiro atoms. The summed E-state index contributed by atoms with van der Waals surface area (Å²) < 4.78 is 26.8. The molecule has 102 valence electrons. The third-order valence-electron chi connectivity index (χ3n) is 2.91. The van der Waals surface area contributed by atoms with Crippen molar-refractivity contribution in [3.05, 3.63) is 46.2 Å². The Morgan fingerprint density at radius 3 is 2.58 bits per heavy atom. The molecule has 0 bridgehead atoms. The van der Waals surface area contributed by atoms with E-state index in [-0.39, 0.29) is 4.90 Å². The Morgan fingerprint density at radius 1 is 1.21 bits per heavy atom. The maximum absolute atomic E-state index is 12.2. The maximum atomic E-state index is 12.2. The molecule has 19 heavy (non-hydrogen) atoms. The quantitative estimate of drug-likeness (QED) is 0.678. The lowest BCUT2D eigenvalue weighted by Crippen LogP contribution is -2.24. The Kier molecular flexibility index (Phi) is 3.84. The fraction of sp³-hybridized carbons (Fsp3) is 0.333. The summed E-state index contributed by atoms with van der Waals surface area (Å²) in [6.45, 7) is 0. The van der Waals surface area contributed by atoms with E-state index in [0.29, 0.717) is 12.1 Å². The molecule has 6 nitrogen and oxygen atoms in total. The summed E-state index contributed by atoms with van der Waals surface area (Å²) in [4.78, 5) is 9.87. The van der Waals surface area contributed by atoms with Crippen molar-refractivity contribution in [1.29, 1.82) is 0 Å². The van der Waals surface area contributed by atoms with Crippen molar-refractivity contribution in [3.63, 3.8) is 0 Å². The summed E-state index contributed by atoms with van der Waals surface area (Å²) in [7, 11) is -3.90. The van der Waals surface area contributed by atoms with Gasteiger partial charge in [-0.05, 0) is 31.7 Å². The molecule has 0 saturated heterocycles. The first-order valence-corrected chi connectivity index (χ1v) is 7.44. The summed E-state index contributed by atoms with van der Waals surface area (Å²) in [6, 6.07) is 5.33. The smallest absolute Gasteiger partial charge is 0.284 e. The van der Waals surface area contributed by atoms with Gasteiger partial charge < -0.3 is 0 Å². The van der Waals surface area contributed by atoms with Gasteiger partial charge in [0, 0.05) is 11.8 Å². The fourth-order valence-electron chi connectivity index (χ4n) is 1.99. The number of nitrogens with one attached hydrogen (secondary N) is 1. The molecule has 0 aromatic heterocycles. The van der Waals surface area contributed by atoms with Crippen LogP contribution in [0.5, 0.6) is 0 Å². The van der Waals surface area contributed by atoms with E-state index in [1.165, 1.54) is 24.3 Å². The lowest BCUT2D eigenvalue weighted by molar-refractivity contribution is -0.387. The van der Waals surface area contributed by atoms with Crippen molar-refractivity contribution >= 4 is 15.7 Å². The van der Waals surface area contributed by atoms with Gasteiger partial charge in [-0.2, -0.15) is 0 Å². The molecule has 1 aliphatic carbocycles. The number of nitro benzene ring substituents is 1. The summed E-state index contributed by atoms with van der Waals surface area (Å²) in [6.07, 6.45) is 5.27. The highest BCUT2D eigenvalue weighted by molar-refractivity contribution is 7.89. The van der Waals surface area contributed by atoms with Gasteiger partial charge >= 0.3 is 0 Å². The number of sulfonamides is 1. The zero-order chi connectivity index (χ0) is 13.9. The van der Waals surface area contributed by atoms with Crippen LogP contribution in [-0.2, 0) is 10.0 Å². The van der Waals surface area contributed by atoms with Crippen LogP contribution in [-0.4, -0.2) is 13.3 Å². The largest absolute Gasteiger partial charge is 0.289 e. The zero-order valence-electron chi connectivity index (χ0n) is 10.2. The lowest BCUT2D eigenvalue weighted by Gasteiger charge is -2.15. The number of hydrogen-bond donors (Lipinski definition) is 1. The topological polar surface area (TPSA) is 89.3 Å². The SMILES string of the molecule is O=[N+]([O-])c1ccccc1S(=O)(=O)NC1=CCCCC1. The van der Waals surface area contributed by atoms with Crippen LogP contribution < -0.4 is 4.72 Å². The lowest BCUT2D eigenvalue weighted by atomic mass is 10.1. The Morgan fingerprint density at radius 2 is 1.95 bits per heavy atom. The van der Waals surface area contributed by atoms with Crippen molar-refractivity contribution in [2.45, 2.75) is 30.6 Å². The molecule has 0 amide bonds. The predicted octanol–water partition coefficient (Wildman–Crippen LogP) is 2.33. The van der Waals surface area contributed by atoms with E-state index in [2.05, 4.69) is 4.72 Å². The predicted molar refractivity (Wildman–Crippen MR) is 70.0 cm³/mol. The van der Waals surface area contributed by atoms with Crippen LogP contribution in [0.3, 0.4) is 0 Å². The molecule has 0 fully saturated rings. The molecular formula is C12H14N2O4S. The standard InChI is InChI=1S/C12H14N2O4S/c15-14(16)11-8-4-5-9-12(11)19(17,18)13-10-6-2-1-3-7-10/h4-6,8-9,13H,1-3,7H2. The molecular weight excluding hydrogens is 268 g/mol. The summed E-state index contributed by atoms with van der Waals surface area (Å²) in [5, 5.41) is 10.9. The van der Waals surface area contributed by atoms with Gasteiger partial charge in [0.2, 0.25) is 0 Å². The normalized spacial score (nSPS) is 15.7. The van der Waals surface area contributed by atoms with E-state index in [0.717, 1.165) is 19.3 Å². The second kappa shape index (κ2) is 5.40. The Hall–Kier alpha value is -1.89. The molecule has 1 aliphatic rings. The van der Waals surface area contributed by atoms with Crippen LogP contribution in [0.2, 0.25) is 0 Å². The van der Waals surface area contributed by atoms with E-state index in [1.807, 2.05) is 6.08 Å². The number of nitro groups is 1. The van der Waals surface area contributed by atoms with E-state index in [1.54, 1.807) is 0 Å². The van der Waals surface area contributed by atoms with Gasteiger partial charge in [0.15, 0.2) is 4.90 Å².